The second kappa shape index (κ2) is 6.39. The number of nitrogens with zero attached hydrogens (tertiary/aromatic N) is 2. The van der Waals surface area contributed by atoms with Crippen LogP contribution >= 0.6 is 0 Å². The van der Waals surface area contributed by atoms with Crippen LogP contribution in [0, 0.1) is 23.7 Å². The summed E-state index contributed by atoms with van der Waals surface area (Å²) in [7, 11) is 3.53. The van der Waals surface area contributed by atoms with Gasteiger partial charge < -0.3 is 15.4 Å². The Morgan fingerprint density at radius 3 is 2.54 bits per heavy atom. The minimum absolute atomic E-state index is 0.0143. The number of methoxy groups -OCH3 is 1. The first-order chi connectivity index (χ1) is 11.7. The molecule has 1 aromatic rings. The first-order valence-electron chi connectivity index (χ1n) is 9.21. The number of carbonyl (C=O) groups is 1. The molecule has 0 aromatic carbocycles. The molecule has 0 unspecified atom stereocenters. The van der Waals surface area contributed by atoms with Gasteiger partial charge in [-0.05, 0) is 55.8 Å². The van der Waals surface area contributed by atoms with Crippen molar-refractivity contribution < 1.29 is 9.53 Å². The van der Waals surface area contributed by atoms with Crippen LogP contribution in [0.5, 0.6) is 0 Å². The molecule has 2 N–H and O–H groups in total. The third-order valence-corrected chi connectivity index (χ3v) is 6.31. The van der Waals surface area contributed by atoms with E-state index >= 15 is 0 Å². The lowest BCUT2D eigenvalue weighted by atomic mass is 9.54. The topological polar surface area (TPSA) is 68.2 Å². The third-order valence-electron chi connectivity index (χ3n) is 6.31. The van der Waals surface area contributed by atoms with E-state index in [1.54, 1.807) is 18.0 Å². The molecule has 24 heavy (non-hydrogen) atoms. The van der Waals surface area contributed by atoms with Crippen molar-refractivity contribution in [2.75, 3.05) is 25.6 Å². The number of aryl methyl sites for hydroxylation is 1. The van der Waals surface area contributed by atoms with E-state index in [0.29, 0.717) is 36.6 Å². The molecule has 1 aromatic heterocycles. The molecule has 5 rings (SSSR count). The lowest BCUT2D eigenvalue weighted by Gasteiger charge is -2.54. The maximum absolute atomic E-state index is 12.9. The van der Waals surface area contributed by atoms with E-state index in [2.05, 4.69) is 15.7 Å². The fourth-order valence-corrected chi connectivity index (χ4v) is 5.47. The fraction of sp³-hybridized carbons (Fsp3) is 0.778. The Balaban J connectivity index is 1.45. The summed E-state index contributed by atoms with van der Waals surface area (Å²) < 4.78 is 6.80. The highest BCUT2D eigenvalue weighted by molar-refractivity contribution is 5.98. The number of nitrogens with one attached hydrogen (secondary N) is 2. The summed E-state index contributed by atoms with van der Waals surface area (Å²) in [4.78, 5) is 12.9. The van der Waals surface area contributed by atoms with Gasteiger partial charge in [0.1, 0.15) is 11.4 Å². The zero-order chi connectivity index (χ0) is 16.7. The van der Waals surface area contributed by atoms with Gasteiger partial charge in [0.25, 0.3) is 5.91 Å². The summed E-state index contributed by atoms with van der Waals surface area (Å²) in [5.74, 6) is 4.00. The Bertz CT molecular complexity index is 584. The van der Waals surface area contributed by atoms with Crippen molar-refractivity contribution in [1.29, 1.82) is 0 Å². The quantitative estimate of drug-likeness (QED) is 0.782. The van der Waals surface area contributed by atoms with E-state index < -0.39 is 0 Å². The SMILES string of the molecule is COCCNc1c(C(=O)NC2C3CC4CC(C3)CC2C4)cnn1C. The smallest absolute Gasteiger partial charge is 0.256 e. The number of carbonyl (C=O) groups excluding carboxylic acids is 1. The summed E-state index contributed by atoms with van der Waals surface area (Å²) >= 11 is 0. The molecular formula is C18H28N4O2. The van der Waals surface area contributed by atoms with Gasteiger partial charge in [-0.25, -0.2) is 0 Å². The number of rotatable bonds is 6. The van der Waals surface area contributed by atoms with Crippen LogP contribution in [-0.2, 0) is 11.8 Å². The standard InChI is InChI=1S/C18H28N4O2/c1-22-17(19-3-4-24-2)15(10-20-22)18(23)21-16-13-6-11-5-12(8-13)9-14(16)7-11/h10-14,16,19H,3-9H2,1-2H3,(H,21,23). The van der Waals surface area contributed by atoms with Crippen molar-refractivity contribution in [2.45, 2.75) is 38.1 Å². The Labute approximate surface area is 143 Å². The van der Waals surface area contributed by atoms with Crippen LogP contribution in [0.4, 0.5) is 5.82 Å². The maximum atomic E-state index is 12.9. The summed E-state index contributed by atoms with van der Waals surface area (Å²) in [5, 5.41) is 10.9. The first kappa shape index (κ1) is 15.9. The number of ether oxygens (including phenoxy) is 1. The Hall–Kier alpha value is -1.56. The van der Waals surface area contributed by atoms with Gasteiger partial charge in [0.2, 0.25) is 0 Å². The highest BCUT2D eigenvalue weighted by Crippen LogP contribution is 2.53. The van der Waals surface area contributed by atoms with Crippen LogP contribution in [-0.4, -0.2) is 42.0 Å². The summed E-state index contributed by atoms with van der Waals surface area (Å²) in [6, 6.07) is 0.359. The molecule has 4 aliphatic rings. The van der Waals surface area contributed by atoms with Crippen molar-refractivity contribution in [3.63, 3.8) is 0 Å². The second-order valence-corrected chi connectivity index (χ2v) is 7.88. The van der Waals surface area contributed by atoms with Crippen LogP contribution < -0.4 is 10.6 Å². The number of amides is 1. The zero-order valence-corrected chi connectivity index (χ0v) is 14.6. The lowest BCUT2D eigenvalue weighted by molar-refractivity contribution is -0.0119. The van der Waals surface area contributed by atoms with E-state index in [1.807, 2.05) is 7.05 Å². The van der Waals surface area contributed by atoms with Gasteiger partial charge >= 0.3 is 0 Å². The summed E-state index contributed by atoms with van der Waals surface area (Å²) in [6.45, 7) is 1.26. The second-order valence-electron chi connectivity index (χ2n) is 7.88. The van der Waals surface area contributed by atoms with Crippen LogP contribution in [0.25, 0.3) is 0 Å². The number of hydrogen-bond acceptors (Lipinski definition) is 4. The minimum atomic E-state index is 0.0143. The third kappa shape index (κ3) is 2.81. The van der Waals surface area contributed by atoms with Gasteiger partial charge in [-0.15, -0.1) is 0 Å². The maximum Gasteiger partial charge on any atom is 0.256 e. The molecular weight excluding hydrogens is 304 g/mol. The van der Waals surface area contributed by atoms with Crippen molar-refractivity contribution >= 4 is 11.7 Å². The van der Waals surface area contributed by atoms with E-state index in [4.69, 9.17) is 4.74 Å². The molecule has 4 aliphatic carbocycles. The largest absolute Gasteiger partial charge is 0.383 e. The minimum Gasteiger partial charge on any atom is -0.383 e. The van der Waals surface area contributed by atoms with Crippen LogP contribution in [0.3, 0.4) is 0 Å². The van der Waals surface area contributed by atoms with E-state index in [1.165, 1.54) is 32.1 Å². The van der Waals surface area contributed by atoms with Gasteiger partial charge in [-0.3, -0.25) is 9.48 Å². The molecule has 6 heteroatoms. The van der Waals surface area contributed by atoms with Crippen LogP contribution in [0.15, 0.2) is 6.20 Å². The molecule has 4 bridgehead atoms. The normalized spacial score (nSPS) is 33.7. The molecule has 0 saturated heterocycles. The van der Waals surface area contributed by atoms with Crippen LogP contribution in [0.1, 0.15) is 42.5 Å². The van der Waals surface area contributed by atoms with Gasteiger partial charge in [0.05, 0.1) is 12.8 Å². The Morgan fingerprint density at radius 1 is 1.25 bits per heavy atom. The summed E-state index contributed by atoms with van der Waals surface area (Å²) in [6.07, 6.45) is 8.34. The molecule has 1 amide bonds. The molecule has 0 radical (unpaired) electrons. The average molecular weight is 332 g/mol. The molecule has 132 valence electrons. The summed E-state index contributed by atoms with van der Waals surface area (Å²) in [5.41, 5.74) is 0.641. The van der Waals surface area contributed by atoms with E-state index in [-0.39, 0.29) is 5.91 Å². The zero-order valence-electron chi connectivity index (χ0n) is 14.6. The predicted octanol–water partition coefficient (Wildman–Crippen LogP) is 2.03. The van der Waals surface area contributed by atoms with E-state index in [9.17, 15) is 4.79 Å². The number of aromatic nitrogens is 2. The molecule has 4 saturated carbocycles. The molecule has 0 aliphatic heterocycles. The van der Waals surface area contributed by atoms with Crippen molar-refractivity contribution in [3.8, 4) is 0 Å². The molecule has 6 nitrogen and oxygen atoms in total. The van der Waals surface area contributed by atoms with Gasteiger partial charge in [0, 0.05) is 26.7 Å². The Kier molecular flexibility index (Phi) is 4.24. The van der Waals surface area contributed by atoms with Gasteiger partial charge in [0.15, 0.2) is 0 Å². The van der Waals surface area contributed by atoms with Crippen molar-refractivity contribution in [2.24, 2.45) is 30.7 Å². The van der Waals surface area contributed by atoms with Crippen LogP contribution in [0.2, 0.25) is 0 Å². The van der Waals surface area contributed by atoms with Crippen molar-refractivity contribution in [3.05, 3.63) is 11.8 Å². The highest BCUT2D eigenvalue weighted by Gasteiger charge is 2.48. The fourth-order valence-electron chi connectivity index (χ4n) is 5.47. The average Bonchev–Trinajstić information content (AvgIpc) is 2.91. The van der Waals surface area contributed by atoms with E-state index in [0.717, 1.165) is 17.7 Å². The van der Waals surface area contributed by atoms with Crippen molar-refractivity contribution in [1.82, 2.24) is 15.1 Å². The number of anilines is 1. The number of hydrogen-bond donors (Lipinski definition) is 2. The lowest BCUT2D eigenvalue weighted by Crippen LogP contribution is -2.55. The van der Waals surface area contributed by atoms with Gasteiger partial charge in [-0.2, -0.15) is 5.10 Å². The molecule has 0 spiro atoms. The molecule has 1 heterocycles. The van der Waals surface area contributed by atoms with Gasteiger partial charge in [-0.1, -0.05) is 0 Å². The first-order valence-corrected chi connectivity index (χ1v) is 9.21. The predicted molar refractivity (Wildman–Crippen MR) is 91.9 cm³/mol. The molecule has 4 fully saturated rings. The monoisotopic (exact) mass is 332 g/mol. The highest BCUT2D eigenvalue weighted by atomic mass is 16.5. The molecule has 0 atom stereocenters. The Morgan fingerprint density at radius 2 is 1.92 bits per heavy atom.